The second kappa shape index (κ2) is 9.27. The molecule has 2 aliphatic rings. The second-order valence-electron chi connectivity index (χ2n) is 8.98. The summed E-state index contributed by atoms with van der Waals surface area (Å²) in [5.74, 6) is -0.209. The van der Waals surface area contributed by atoms with Gasteiger partial charge in [0.15, 0.2) is 0 Å². The van der Waals surface area contributed by atoms with Crippen molar-refractivity contribution in [2.45, 2.75) is 44.4 Å². The van der Waals surface area contributed by atoms with E-state index in [1.54, 1.807) is 35.0 Å². The van der Waals surface area contributed by atoms with Crippen LogP contribution >= 0.6 is 0 Å². The Bertz CT molecular complexity index is 1170. The number of fused-ring (bicyclic) bond motifs is 1. The first-order chi connectivity index (χ1) is 15.7. The Morgan fingerprint density at radius 1 is 1.03 bits per heavy atom. The van der Waals surface area contributed by atoms with Crippen LogP contribution in [0.4, 0.5) is 11.4 Å². The number of carbonyl (C=O) groups excluding carboxylic acids is 2. The van der Waals surface area contributed by atoms with Crippen molar-refractivity contribution in [3.63, 3.8) is 0 Å². The minimum absolute atomic E-state index is 0.0238. The SMILES string of the molecule is CC(=O)N1CCCc2cc(S(=O)(=O)N3CCC(C(=O)N(C)c4cccc(C)c4)CC3)ccc21. The molecule has 176 valence electrons. The Kier molecular flexibility index (Phi) is 6.59. The van der Waals surface area contributed by atoms with Gasteiger partial charge >= 0.3 is 0 Å². The van der Waals surface area contributed by atoms with Crippen LogP contribution in [-0.4, -0.2) is 51.2 Å². The van der Waals surface area contributed by atoms with E-state index in [2.05, 4.69) is 0 Å². The van der Waals surface area contributed by atoms with E-state index < -0.39 is 10.0 Å². The molecule has 0 radical (unpaired) electrons. The number of hydrogen-bond donors (Lipinski definition) is 0. The van der Waals surface area contributed by atoms with Crippen molar-refractivity contribution in [1.82, 2.24) is 4.31 Å². The van der Waals surface area contributed by atoms with Crippen LogP contribution in [0.1, 0.15) is 37.3 Å². The zero-order chi connectivity index (χ0) is 23.8. The van der Waals surface area contributed by atoms with Gasteiger partial charge in [0.2, 0.25) is 21.8 Å². The lowest BCUT2D eigenvalue weighted by Crippen LogP contribution is -2.43. The third kappa shape index (κ3) is 4.68. The van der Waals surface area contributed by atoms with Gasteiger partial charge in [-0.3, -0.25) is 9.59 Å². The van der Waals surface area contributed by atoms with Crippen molar-refractivity contribution in [2.24, 2.45) is 5.92 Å². The van der Waals surface area contributed by atoms with Crippen molar-refractivity contribution < 1.29 is 18.0 Å². The number of piperidine rings is 1. The summed E-state index contributed by atoms with van der Waals surface area (Å²) in [4.78, 5) is 28.5. The molecule has 0 spiro atoms. The number of benzene rings is 2. The van der Waals surface area contributed by atoms with Crippen LogP contribution in [0.15, 0.2) is 47.4 Å². The first-order valence-corrected chi connectivity index (χ1v) is 12.9. The molecule has 2 aromatic rings. The van der Waals surface area contributed by atoms with E-state index in [0.29, 0.717) is 32.5 Å². The van der Waals surface area contributed by atoms with E-state index in [1.807, 2.05) is 31.2 Å². The third-order valence-corrected chi connectivity index (χ3v) is 8.60. The molecule has 0 N–H and O–H groups in total. The third-order valence-electron chi connectivity index (χ3n) is 6.71. The molecule has 2 aromatic carbocycles. The molecule has 0 bridgehead atoms. The van der Waals surface area contributed by atoms with Crippen LogP contribution < -0.4 is 9.80 Å². The quantitative estimate of drug-likeness (QED) is 0.688. The largest absolute Gasteiger partial charge is 0.315 e. The molecule has 2 aliphatic heterocycles. The molecular weight excluding hydrogens is 438 g/mol. The fourth-order valence-electron chi connectivity index (χ4n) is 4.79. The molecule has 2 heterocycles. The molecule has 4 rings (SSSR count). The maximum atomic E-state index is 13.3. The van der Waals surface area contributed by atoms with Gasteiger partial charge in [-0.1, -0.05) is 12.1 Å². The number of amides is 2. The summed E-state index contributed by atoms with van der Waals surface area (Å²) >= 11 is 0. The van der Waals surface area contributed by atoms with Crippen LogP contribution in [0.2, 0.25) is 0 Å². The minimum atomic E-state index is -3.66. The summed E-state index contributed by atoms with van der Waals surface area (Å²) in [5, 5.41) is 0. The minimum Gasteiger partial charge on any atom is -0.315 e. The predicted molar refractivity (Wildman–Crippen MR) is 129 cm³/mol. The zero-order valence-electron chi connectivity index (χ0n) is 19.5. The molecule has 0 atom stereocenters. The van der Waals surface area contributed by atoms with Gasteiger partial charge in [0.1, 0.15) is 0 Å². The number of carbonyl (C=O) groups is 2. The summed E-state index contributed by atoms with van der Waals surface area (Å²) in [7, 11) is -1.88. The molecule has 2 amide bonds. The fraction of sp³-hybridized carbons (Fsp3) is 0.440. The van der Waals surface area contributed by atoms with Gasteiger partial charge in [-0.15, -0.1) is 0 Å². The van der Waals surface area contributed by atoms with Gasteiger partial charge in [-0.25, -0.2) is 8.42 Å². The van der Waals surface area contributed by atoms with Gasteiger partial charge in [0, 0.05) is 50.9 Å². The Balaban J connectivity index is 1.45. The molecule has 1 fully saturated rings. The summed E-state index contributed by atoms with van der Waals surface area (Å²) in [6.45, 7) is 4.81. The van der Waals surface area contributed by atoms with E-state index in [4.69, 9.17) is 0 Å². The molecule has 1 saturated heterocycles. The Morgan fingerprint density at radius 2 is 1.76 bits per heavy atom. The highest BCUT2D eigenvalue weighted by atomic mass is 32.2. The number of sulfonamides is 1. The van der Waals surface area contributed by atoms with Crippen molar-refractivity contribution in [3.8, 4) is 0 Å². The zero-order valence-corrected chi connectivity index (χ0v) is 20.3. The van der Waals surface area contributed by atoms with E-state index >= 15 is 0 Å². The van der Waals surface area contributed by atoms with Crippen molar-refractivity contribution in [2.75, 3.05) is 36.5 Å². The molecular formula is C25H31N3O4S. The van der Waals surface area contributed by atoms with E-state index in [0.717, 1.165) is 35.3 Å². The van der Waals surface area contributed by atoms with Crippen LogP contribution in [-0.2, 0) is 26.0 Å². The molecule has 33 heavy (non-hydrogen) atoms. The first-order valence-electron chi connectivity index (χ1n) is 11.4. The van der Waals surface area contributed by atoms with Gasteiger partial charge in [-0.05, 0) is 74.1 Å². The summed E-state index contributed by atoms with van der Waals surface area (Å²) in [5.41, 5.74) is 3.63. The number of rotatable bonds is 4. The lowest BCUT2D eigenvalue weighted by Gasteiger charge is -2.33. The normalized spacial score (nSPS) is 17.5. The average molecular weight is 470 g/mol. The second-order valence-corrected chi connectivity index (χ2v) is 10.9. The van der Waals surface area contributed by atoms with Gasteiger partial charge in [-0.2, -0.15) is 4.31 Å². The molecule has 0 unspecified atom stereocenters. The maximum Gasteiger partial charge on any atom is 0.243 e. The summed E-state index contributed by atoms with van der Waals surface area (Å²) in [6, 6.07) is 12.9. The van der Waals surface area contributed by atoms with E-state index in [9.17, 15) is 18.0 Å². The summed E-state index contributed by atoms with van der Waals surface area (Å²) < 4.78 is 28.1. The van der Waals surface area contributed by atoms with Crippen LogP contribution in [0, 0.1) is 12.8 Å². The highest BCUT2D eigenvalue weighted by Gasteiger charge is 2.34. The van der Waals surface area contributed by atoms with Gasteiger partial charge in [0.05, 0.1) is 4.90 Å². The van der Waals surface area contributed by atoms with E-state index in [1.165, 1.54) is 11.2 Å². The standard InChI is InChI=1S/C25H31N3O4S/c1-18-6-4-8-22(16-18)26(3)25(30)20-11-14-27(15-12-20)33(31,32)23-9-10-24-21(17-23)7-5-13-28(24)19(2)29/h4,6,8-10,16-17,20H,5,7,11-15H2,1-3H3. The Hall–Kier alpha value is -2.71. The van der Waals surface area contributed by atoms with Crippen LogP contribution in [0.5, 0.6) is 0 Å². The lowest BCUT2D eigenvalue weighted by molar-refractivity contribution is -0.123. The van der Waals surface area contributed by atoms with Gasteiger partial charge < -0.3 is 9.80 Å². The highest BCUT2D eigenvalue weighted by Crippen LogP contribution is 2.32. The van der Waals surface area contributed by atoms with E-state index in [-0.39, 0.29) is 22.6 Å². The fourth-order valence-corrected chi connectivity index (χ4v) is 6.31. The molecule has 7 nitrogen and oxygen atoms in total. The van der Waals surface area contributed by atoms with Crippen molar-refractivity contribution in [3.05, 3.63) is 53.6 Å². The molecule has 0 aromatic heterocycles. The Morgan fingerprint density at radius 3 is 2.42 bits per heavy atom. The molecule has 8 heteroatoms. The Labute approximate surface area is 196 Å². The highest BCUT2D eigenvalue weighted by molar-refractivity contribution is 7.89. The number of nitrogens with zero attached hydrogens (tertiary/aromatic N) is 3. The smallest absolute Gasteiger partial charge is 0.243 e. The first kappa shape index (κ1) is 23.4. The predicted octanol–water partition coefficient (Wildman–Crippen LogP) is 3.36. The summed E-state index contributed by atoms with van der Waals surface area (Å²) in [6.07, 6.45) is 2.57. The average Bonchev–Trinajstić information content (AvgIpc) is 2.82. The van der Waals surface area contributed by atoms with Crippen molar-refractivity contribution >= 4 is 33.2 Å². The maximum absolute atomic E-state index is 13.3. The number of hydrogen-bond acceptors (Lipinski definition) is 4. The van der Waals surface area contributed by atoms with Crippen molar-refractivity contribution in [1.29, 1.82) is 0 Å². The lowest BCUT2D eigenvalue weighted by atomic mass is 9.96. The van der Waals surface area contributed by atoms with Crippen LogP contribution in [0.3, 0.4) is 0 Å². The molecule has 0 saturated carbocycles. The topological polar surface area (TPSA) is 78.0 Å². The number of anilines is 2. The number of aryl methyl sites for hydroxylation is 2. The molecule has 0 aliphatic carbocycles. The monoisotopic (exact) mass is 469 g/mol. The van der Waals surface area contributed by atoms with Gasteiger partial charge in [0.25, 0.3) is 0 Å². The van der Waals surface area contributed by atoms with Crippen LogP contribution in [0.25, 0.3) is 0 Å².